The highest BCUT2D eigenvalue weighted by Gasteiger charge is 2.38. The molecule has 0 spiro atoms. The van der Waals surface area contributed by atoms with Gasteiger partial charge in [-0.15, -0.1) is 0 Å². The lowest BCUT2D eigenvalue weighted by molar-refractivity contribution is 0.313. The number of nitrogens with zero attached hydrogens (tertiary/aromatic N) is 3. The third kappa shape index (κ3) is 4.15. The molecule has 3 aromatic carbocycles. The Kier molecular flexibility index (Phi) is 5.43. The molecule has 1 heterocycles. The average molecular weight is 403 g/mol. The van der Waals surface area contributed by atoms with Gasteiger partial charge in [0.1, 0.15) is 11.5 Å². The Morgan fingerprint density at radius 2 is 1.47 bits per heavy atom. The molecule has 8 heteroatoms. The minimum absolute atomic E-state index is 0.517. The maximum absolute atomic E-state index is 10.9. The molecule has 0 fully saturated rings. The molecule has 0 radical (unpaired) electrons. The topological polar surface area (TPSA) is 92.7 Å². The Morgan fingerprint density at radius 1 is 0.867 bits per heavy atom. The summed E-state index contributed by atoms with van der Waals surface area (Å²) in [6.07, 6.45) is 0.736. The molecule has 0 saturated carbocycles. The molecule has 30 heavy (non-hydrogen) atoms. The van der Waals surface area contributed by atoms with E-state index in [9.17, 15) is 5.02 Å². The molecule has 4 rings (SSSR count). The second-order valence-corrected chi connectivity index (χ2v) is 7.43. The van der Waals surface area contributed by atoms with Gasteiger partial charge in [-0.05, 0) is 67.1 Å². The third-order valence-electron chi connectivity index (χ3n) is 4.98. The van der Waals surface area contributed by atoms with E-state index >= 15 is 0 Å². The fraction of sp³-hybridized carbons (Fsp3) is 0.182. The third-order valence-corrected chi connectivity index (χ3v) is 4.98. The predicted octanol–water partition coefficient (Wildman–Crippen LogP) is 3.28. The lowest BCUT2D eigenvalue weighted by Crippen LogP contribution is -2.57. The Balaban J connectivity index is 1.46. The van der Waals surface area contributed by atoms with Crippen molar-refractivity contribution in [2.24, 2.45) is 16.0 Å². The quantitative estimate of drug-likeness (QED) is 0.487. The molecule has 3 aromatic rings. The van der Waals surface area contributed by atoms with Gasteiger partial charge in [-0.3, -0.25) is 0 Å². The summed E-state index contributed by atoms with van der Waals surface area (Å²) in [7, 11) is 3.98. The molecular weight excluding hydrogens is 379 g/mol. The first-order valence-corrected chi connectivity index (χ1v) is 9.83. The van der Waals surface area contributed by atoms with E-state index in [1.807, 2.05) is 55.4 Å². The second-order valence-electron chi connectivity index (χ2n) is 7.43. The summed E-state index contributed by atoms with van der Waals surface area (Å²) in [4.78, 5) is 2.02. The minimum atomic E-state index is -2.63. The van der Waals surface area contributed by atoms with Crippen LogP contribution in [-0.4, -0.2) is 32.4 Å². The number of fused-ring (bicyclic) bond motifs is 1. The maximum Gasteiger partial charge on any atom is 0.520 e. The zero-order chi connectivity index (χ0) is 21.1. The van der Waals surface area contributed by atoms with Crippen LogP contribution < -0.4 is 25.4 Å². The zero-order valence-electron chi connectivity index (χ0n) is 17.0. The normalized spacial score (nSPS) is 17.5. The number of hydrogen-bond donors (Lipinski definition) is 2. The van der Waals surface area contributed by atoms with Crippen molar-refractivity contribution in [2.45, 2.75) is 6.42 Å². The van der Waals surface area contributed by atoms with Crippen LogP contribution in [0.1, 0.15) is 5.56 Å². The van der Waals surface area contributed by atoms with Crippen molar-refractivity contribution in [1.29, 1.82) is 0 Å². The van der Waals surface area contributed by atoms with Gasteiger partial charge in [0.25, 0.3) is 0 Å². The van der Waals surface area contributed by atoms with E-state index < -0.39 is 6.75 Å². The van der Waals surface area contributed by atoms with Gasteiger partial charge in [0.15, 0.2) is 0 Å². The number of benzene rings is 3. The van der Waals surface area contributed by atoms with E-state index in [0.717, 1.165) is 23.4 Å². The van der Waals surface area contributed by atoms with E-state index in [2.05, 4.69) is 10.2 Å². The van der Waals surface area contributed by atoms with Gasteiger partial charge in [0.05, 0.1) is 11.4 Å². The number of rotatable bonds is 6. The predicted molar refractivity (Wildman–Crippen MR) is 119 cm³/mol. The molecule has 0 amide bonds. The Bertz CT molecular complexity index is 1050. The summed E-state index contributed by atoms with van der Waals surface area (Å²) >= 11 is 0. The van der Waals surface area contributed by atoms with E-state index in [1.54, 1.807) is 30.3 Å². The van der Waals surface area contributed by atoms with Crippen molar-refractivity contribution in [2.75, 3.05) is 25.5 Å². The zero-order valence-corrected chi connectivity index (χ0v) is 17.0. The SMILES string of the molecule is CN(C)c1ccc(N=Nc2ccc([B-]3(O)Oc4ccc(CCN)cc4O3)cc2)cc1. The molecule has 0 aromatic heterocycles. The van der Waals surface area contributed by atoms with Gasteiger partial charge in [0, 0.05) is 19.8 Å². The van der Waals surface area contributed by atoms with Crippen molar-refractivity contribution in [3.05, 3.63) is 72.3 Å². The Hall–Kier alpha value is -3.36. The summed E-state index contributed by atoms with van der Waals surface area (Å²) in [5.74, 6) is 1.04. The maximum atomic E-state index is 10.9. The molecule has 1 aliphatic rings. The van der Waals surface area contributed by atoms with E-state index in [1.165, 1.54) is 0 Å². The van der Waals surface area contributed by atoms with Crippen LogP contribution in [0.2, 0.25) is 0 Å². The average Bonchev–Trinajstić information content (AvgIpc) is 3.10. The monoisotopic (exact) mass is 403 g/mol. The molecule has 1 aliphatic heterocycles. The Labute approximate surface area is 175 Å². The molecule has 154 valence electrons. The van der Waals surface area contributed by atoms with Crippen molar-refractivity contribution >= 4 is 29.3 Å². The lowest BCUT2D eigenvalue weighted by atomic mass is 9.70. The van der Waals surface area contributed by atoms with Crippen LogP contribution in [0.15, 0.2) is 77.0 Å². The summed E-state index contributed by atoms with van der Waals surface area (Å²) in [5, 5.41) is 19.4. The van der Waals surface area contributed by atoms with Gasteiger partial charge < -0.3 is 25.0 Å². The van der Waals surface area contributed by atoms with Crippen molar-refractivity contribution in [3.63, 3.8) is 0 Å². The van der Waals surface area contributed by atoms with Crippen LogP contribution in [0.3, 0.4) is 0 Å². The lowest BCUT2D eigenvalue weighted by Gasteiger charge is -2.29. The van der Waals surface area contributed by atoms with Crippen LogP contribution in [-0.2, 0) is 6.42 Å². The first kappa shape index (κ1) is 19.9. The van der Waals surface area contributed by atoms with Crippen LogP contribution in [0.5, 0.6) is 11.5 Å². The number of nitrogens with two attached hydrogens (primary N) is 1. The Morgan fingerprint density at radius 3 is 2.07 bits per heavy atom. The summed E-state index contributed by atoms with van der Waals surface area (Å²) in [5.41, 5.74) is 9.70. The van der Waals surface area contributed by atoms with E-state index in [0.29, 0.717) is 29.2 Å². The van der Waals surface area contributed by atoms with Gasteiger partial charge in [-0.25, -0.2) is 0 Å². The minimum Gasteiger partial charge on any atom is -0.654 e. The largest absolute Gasteiger partial charge is 0.654 e. The van der Waals surface area contributed by atoms with Crippen molar-refractivity contribution in [1.82, 2.24) is 0 Å². The molecular formula is C22H24BN4O3-. The second kappa shape index (κ2) is 8.18. The van der Waals surface area contributed by atoms with E-state index in [4.69, 9.17) is 15.0 Å². The highest BCUT2D eigenvalue weighted by atomic mass is 16.7. The number of azo groups is 1. The fourth-order valence-electron chi connectivity index (χ4n) is 3.29. The summed E-state index contributed by atoms with van der Waals surface area (Å²) in [6, 6.07) is 20.4. The standard InChI is InChI=1S/C22H24BN4O3/c1-27(2)20-10-8-19(9-11-20)26-25-18-6-4-17(5-7-18)23(28)29-21-12-3-16(13-14-24)15-22(21)30-23/h3-12,15,28H,13-14,24H2,1-2H3/q-1. The van der Waals surface area contributed by atoms with Gasteiger partial charge in [-0.1, -0.05) is 23.7 Å². The van der Waals surface area contributed by atoms with Crippen LogP contribution in [0.25, 0.3) is 0 Å². The molecule has 0 saturated heterocycles. The number of hydrogen-bond acceptors (Lipinski definition) is 7. The van der Waals surface area contributed by atoms with Crippen LogP contribution in [0.4, 0.5) is 17.1 Å². The molecule has 0 aliphatic carbocycles. The van der Waals surface area contributed by atoms with Crippen molar-refractivity contribution in [3.8, 4) is 11.5 Å². The smallest absolute Gasteiger partial charge is 0.520 e. The van der Waals surface area contributed by atoms with Crippen molar-refractivity contribution < 1.29 is 14.3 Å². The summed E-state index contributed by atoms with van der Waals surface area (Å²) < 4.78 is 11.5. The summed E-state index contributed by atoms with van der Waals surface area (Å²) in [6.45, 7) is -2.08. The molecule has 1 unspecified atom stereocenters. The first-order valence-electron chi connectivity index (χ1n) is 9.83. The van der Waals surface area contributed by atoms with E-state index in [-0.39, 0.29) is 0 Å². The molecule has 1 atom stereocenters. The highest BCUT2D eigenvalue weighted by Crippen LogP contribution is 2.37. The van der Waals surface area contributed by atoms with Crippen LogP contribution >= 0.6 is 0 Å². The van der Waals surface area contributed by atoms with Gasteiger partial charge in [-0.2, -0.15) is 10.2 Å². The number of anilines is 1. The molecule has 0 bridgehead atoms. The fourth-order valence-corrected chi connectivity index (χ4v) is 3.29. The van der Waals surface area contributed by atoms with Gasteiger partial charge >= 0.3 is 6.75 Å². The molecule has 7 nitrogen and oxygen atoms in total. The molecule has 3 N–H and O–H groups in total. The van der Waals surface area contributed by atoms with Gasteiger partial charge in [0.2, 0.25) is 0 Å². The van der Waals surface area contributed by atoms with Crippen LogP contribution in [0, 0.1) is 0 Å². The highest BCUT2D eigenvalue weighted by molar-refractivity contribution is 6.76. The first-order chi connectivity index (χ1) is 14.5.